The van der Waals surface area contributed by atoms with Crippen molar-refractivity contribution in [1.82, 2.24) is 0 Å². The van der Waals surface area contributed by atoms with Crippen molar-refractivity contribution in [1.29, 1.82) is 0 Å². The van der Waals surface area contributed by atoms with E-state index in [1.807, 2.05) is 0 Å². The molecule has 0 aliphatic rings. The number of carboxylic acid groups (broad SMARTS) is 1. The molecule has 0 saturated carbocycles. The molecular weight excluding hydrogens is 288 g/mol. The molecule has 2 rings (SSSR count). The Labute approximate surface area is 126 Å². The quantitative estimate of drug-likeness (QED) is 0.393. The molecule has 0 radical (unpaired) electrons. The van der Waals surface area contributed by atoms with Crippen LogP contribution in [0.1, 0.15) is 15.9 Å². The molecule has 6 nitrogen and oxygen atoms in total. The molecule has 0 aliphatic carbocycles. The molecule has 2 aromatic carbocycles. The number of carbonyl (C=O) groups is 2. The molecule has 22 heavy (non-hydrogen) atoms. The predicted molar refractivity (Wildman–Crippen MR) is 79.9 cm³/mol. The van der Waals surface area contributed by atoms with Crippen LogP contribution in [0.2, 0.25) is 0 Å². The predicted octanol–water partition coefficient (Wildman–Crippen LogP) is 2.40. The highest BCUT2D eigenvalue weighted by Gasteiger charge is 1.97. The number of aromatic hydroxyl groups is 3. The topological polar surface area (TPSA) is 115 Å². The Bertz CT molecular complexity index is 674. The smallest absolute Gasteiger partial charge is 0.328 e. The third kappa shape index (κ3) is 5.79. The van der Waals surface area contributed by atoms with E-state index in [4.69, 9.17) is 20.4 Å². The van der Waals surface area contributed by atoms with Crippen LogP contribution in [0.15, 0.2) is 48.5 Å². The van der Waals surface area contributed by atoms with Gasteiger partial charge in [-0.05, 0) is 48.0 Å². The Kier molecular flexibility index (Phi) is 6.18. The number of aldehydes is 1. The summed E-state index contributed by atoms with van der Waals surface area (Å²) in [5.41, 5.74) is 1.09. The molecule has 0 spiro atoms. The first-order chi connectivity index (χ1) is 10.4. The minimum absolute atomic E-state index is 0.181. The van der Waals surface area contributed by atoms with E-state index in [0.29, 0.717) is 11.1 Å². The molecular formula is C16H14O6. The highest BCUT2D eigenvalue weighted by Crippen LogP contribution is 2.25. The van der Waals surface area contributed by atoms with Gasteiger partial charge in [-0.15, -0.1) is 0 Å². The third-order valence-electron chi connectivity index (χ3n) is 2.45. The number of rotatable bonds is 3. The average molecular weight is 302 g/mol. The number of hydrogen-bond acceptors (Lipinski definition) is 5. The fourth-order valence-corrected chi connectivity index (χ4v) is 1.36. The van der Waals surface area contributed by atoms with E-state index >= 15 is 0 Å². The summed E-state index contributed by atoms with van der Waals surface area (Å²) < 4.78 is 0. The zero-order valence-electron chi connectivity index (χ0n) is 11.4. The normalized spacial score (nSPS) is 9.82. The van der Waals surface area contributed by atoms with E-state index in [0.717, 1.165) is 12.4 Å². The van der Waals surface area contributed by atoms with Crippen LogP contribution in [-0.2, 0) is 4.79 Å². The number of carboxylic acids is 1. The molecule has 2 aromatic rings. The molecule has 4 N–H and O–H groups in total. The monoisotopic (exact) mass is 302 g/mol. The fraction of sp³-hybridized carbons (Fsp3) is 0. The summed E-state index contributed by atoms with van der Waals surface area (Å²) in [6.07, 6.45) is 3.01. The number of aliphatic carboxylic acids is 1. The van der Waals surface area contributed by atoms with Gasteiger partial charge >= 0.3 is 5.97 Å². The van der Waals surface area contributed by atoms with Crippen LogP contribution in [0.5, 0.6) is 17.2 Å². The number of phenolic OH excluding ortho intramolecular Hbond substituents is 3. The lowest BCUT2D eigenvalue weighted by Crippen LogP contribution is -1.85. The second-order valence-electron chi connectivity index (χ2n) is 4.13. The molecule has 6 heteroatoms. The van der Waals surface area contributed by atoms with Crippen molar-refractivity contribution in [2.24, 2.45) is 0 Å². The van der Waals surface area contributed by atoms with Crippen molar-refractivity contribution in [3.8, 4) is 17.2 Å². The third-order valence-corrected chi connectivity index (χ3v) is 2.45. The maximum atomic E-state index is 10.1. The molecule has 0 aromatic heterocycles. The van der Waals surface area contributed by atoms with Crippen molar-refractivity contribution >= 4 is 18.3 Å². The lowest BCUT2D eigenvalue weighted by Gasteiger charge is -1.97. The number of hydrogen-bond donors (Lipinski definition) is 4. The van der Waals surface area contributed by atoms with E-state index in [9.17, 15) is 9.59 Å². The second kappa shape index (κ2) is 8.11. The van der Waals surface area contributed by atoms with Crippen molar-refractivity contribution in [3.63, 3.8) is 0 Å². The lowest BCUT2D eigenvalue weighted by atomic mass is 10.2. The molecule has 0 atom stereocenters. The number of carbonyl (C=O) groups excluding carboxylic acids is 1. The maximum Gasteiger partial charge on any atom is 0.328 e. The van der Waals surface area contributed by atoms with Gasteiger partial charge in [0.15, 0.2) is 11.5 Å². The van der Waals surface area contributed by atoms with E-state index in [-0.39, 0.29) is 17.2 Å². The summed E-state index contributed by atoms with van der Waals surface area (Å²) in [6, 6.07) is 10.1. The Balaban J connectivity index is 0.000000235. The second-order valence-corrected chi connectivity index (χ2v) is 4.13. The van der Waals surface area contributed by atoms with Crippen molar-refractivity contribution in [2.45, 2.75) is 0 Å². The first-order valence-electron chi connectivity index (χ1n) is 6.09. The Morgan fingerprint density at radius 2 is 1.45 bits per heavy atom. The zero-order valence-corrected chi connectivity index (χ0v) is 11.4. The summed E-state index contributed by atoms with van der Waals surface area (Å²) in [5, 5.41) is 35.0. The summed E-state index contributed by atoms with van der Waals surface area (Å²) >= 11 is 0. The Morgan fingerprint density at radius 3 is 1.95 bits per heavy atom. The standard InChI is InChI=1S/C9H8O4.C7H6O2/c10-7-3-1-6(5-8(7)11)2-4-9(12)13;8-5-6-1-3-7(9)4-2-6/h1-5,10-11H,(H,12,13);1-5,9H/b4-2+;. The van der Waals surface area contributed by atoms with Gasteiger partial charge in [-0.1, -0.05) is 6.07 Å². The van der Waals surface area contributed by atoms with Gasteiger partial charge in [0.05, 0.1) is 0 Å². The Hall–Kier alpha value is -3.28. The maximum absolute atomic E-state index is 10.1. The minimum Gasteiger partial charge on any atom is -0.508 e. The molecule has 0 aliphatic heterocycles. The van der Waals surface area contributed by atoms with Crippen LogP contribution in [0.25, 0.3) is 6.08 Å². The van der Waals surface area contributed by atoms with E-state index < -0.39 is 5.97 Å². The van der Waals surface area contributed by atoms with Crippen molar-refractivity contribution in [3.05, 3.63) is 59.7 Å². The van der Waals surface area contributed by atoms with Gasteiger partial charge in [0.1, 0.15) is 12.0 Å². The number of phenols is 3. The van der Waals surface area contributed by atoms with Gasteiger partial charge in [0, 0.05) is 11.6 Å². The molecule has 114 valence electrons. The first-order valence-corrected chi connectivity index (χ1v) is 6.09. The summed E-state index contributed by atoms with van der Waals surface area (Å²) in [5.74, 6) is -1.38. The molecule has 0 unspecified atom stereocenters. The SMILES string of the molecule is O=C(O)/C=C/c1ccc(O)c(O)c1.O=Cc1ccc(O)cc1. The first kappa shape index (κ1) is 16.8. The van der Waals surface area contributed by atoms with Crippen LogP contribution < -0.4 is 0 Å². The van der Waals surface area contributed by atoms with Crippen molar-refractivity contribution in [2.75, 3.05) is 0 Å². The summed E-state index contributed by atoms with van der Waals surface area (Å²) in [7, 11) is 0. The molecule has 0 heterocycles. The lowest BCUT2D eigenvalue weighted by molar-refractivity contribution is -0.131. The highest BCUT2D eigenvalue weighted by atomic mass is 16.4. The minimum atomic E-state index is -1.06. The van der Waals surface area contributed by atoms with Gasteiger partial charge in [-0.3, -0.25) is 4.79 Å². The average Bonchev–Trinajstić information content (AvgIpc) is 2.50. The van der Waals surface area contributed by atoms with Crippen LogP contribution in [0, 0.1) is 0 Å². The van der Waals surface area contributed by atoms with Gasteiger partial charge in [-0.25, -0.2) is 4.79 Å². The van der Waals surface area contributed by atoms with E-state index in [1.54, 1.807) is 12.1 Å². The van der Waals surface area contributed by atoms with Gasteiger partial charge in [0.2, 0.25) is 0 Å². The molecule has 0 saturated heterocycles. The number of benzene rings is 2. The van der Waals surface area contributed by atoms with Crippen LogP contribution in [0.4, 0.5) is 0 Å². The van der Waals surface area contributed by atoms with Gasteiger partial charge < -0.3 is 20.4 Å². The molecule has 0 bridgehead atoms. The Morgan fingerprint density at radius 1 is 0.864 bits per heavy atom. The van der Waals surface area contributed by atoms with Crippen LogP contribution in [-0.4, -0.2) is 32.7 Å². The molecule has 0 amide bonds. The fourth-order valence-electron chi connectivity index (χ4n) is 1.36. The summed E-state index contributed by atoms with van der Waals surface area (Å²) in [6.45, 7) is 0. The largest absolute Gasteiger partial charge is 0.508 e. The van der Waals surface area contributed by atoms with E-state index in [1.165, 1.54) is 36.4 Å². The highest BCUT2D eigenvalue weighted by molar-refractivity contribution is 5.85. The zero-order chi connectivity index (χ0) is 16.5. The summed E-state index contributed by atoms with van der Waals surface area (Å²) in [4.78, 5) is 20.2. The van der Waals surface area contributed by atoms with Crippen molar-refractivity contribution < 1.29 is 30.0 Å². The van der Waals surface area contributed by atoms with Crippen LogP contribution >= 0.6 is 0 Å². The van der Waals surface area contributed by atoms with Gasteiger partial charge in [0.25, 0.3) is 0 Å². The van der Waals surface area contributed by atoms with Gasteiger partial charge in [-0.2, -0.15) is 0 Å². The molecule has 0 fully saturated rings. The van der Waals surface area contributed by atoms with Crippen LogP contribution in [0.3, 0.4) is 0 Å². The van der Waals surface area contributed by atoms with E-state index in [2.05, 4.69) is 0 Å².